The molecule has 0 saturated heterocycles. The third-order valence-corrected chi connectivity index (χ3v) is 4.49. The van der Waals surface area contributed by atoms with Crippen molar-refractivity contribution < 1.29 is 4.74 Å². The van der Waals surface area contributed by atoms with Crippen LogP contribution in [-0.4, -0.2) is 43.3 Å². The molecule has 2 heterocycles. The van der Waals surface area contributed by atoms with Crippen molar-refractivity contribution >= 4 is 0 Å². The van der Waals surface area contributed by atoms with Crippen LogP contribution in [0.5, 0.6) is 0 Å². The van der Waals surface area contributed by atoms with E-state index in [1.165, 1.54) is 0 Å². The van der Waals surface area contributed by atoms with E-state index in [2.05, 4.69) is 22.1 Å². The van der Waals surface area contributed by atoms with Gasteiger partial charge in [-0.3, -0.25) is 4.68 Å². The van der Waals surface area contributed by atoms with Crippen molar-refractivity contribution in [3.05, 3.63) is 23.9 Å². The number of nitrogens with zero attached hydrogens (tertiary/aromatic N) is 5. The lowest BCUT2D eigenvalue weighted by atomic mass is 9.83. The lowest BCUT2D eigenvalue weighted by molar-refractivity contribution is 0.00882. The number of hydrogen-bond acceptors (Lipinski definition) is 5. The Morgan fingerprint density at radius 2 is 2.22 bits per heavy atom. The van der Waals surface area contributed by atoms with E-state index < -0.39 is 0 Å². The first kappa shape index (κ1) is 16.1. The van der Waals surface area contributed by atoms with Crippen molar-refractivity contribution in [1.82, 2.24) is 24.5 Å². The van der Waals surface area contributed by atoms with Crippen molar-refractivity contribution in [3.63, 3.8) is 0 Å². The molecule has 3 atom stereocenters. The molecule has 0 aromatic carbocycles. The van der Waals surface area contributed by atoms with E-state index in [4.69, 9.17) is 10.5 Å². The van der Waals surface area contributed by atoms with Gasteiger partial charge in [0.25, 0.3) is 0 Å². The topological polar surface area (TPSA) is 83.8 Å². The zero-order valence-corrected chi connectivity index (χ0v) is 14.1. The summed E-state index contributed by atoms with van der Waals surface area (Å²) < 4.78 is 9.69. The number of nitrogens with two attached hydrogens (primary N) is 1. The average molecular weight is 318 g/mol. The van der Waals surface area contributed by atoms with Gasteiger partial charge in [-0.25, -0.2) is 4.98 Å². The summed E-state index contributed by atoms with van der Waals surface area (Å²) in [6.45, 7) is 4.81. The number of rotatable bonds is 5. The van der Waals surface area contributed by atoms with Crippen LogP contribution < -0.4 is 5.73 Å². The second-order valence-electron chi connectivity index (χ2n) is 6.33. The molecule has 2 aromatic heterocycles. The molecule has 23 heavy (non-hydrogen) atoms. The van der Waals surface area contributed by atoms with Crippen molar-refractivity contribution in [3.8, 4) is 5.82 Å². The van der Waals surface area contributed by atoms with Gasteiger partial charge in [0, 0.05) is 31.7 Å². The Hall–Kier alpha value is -1.73. The summed E-state index contributed by atoms with van der Waals surface area (Å²) in [5.74, 6) is 3.01. The monoisotopic (exact) mass is 318 g/mol. The molecule has 7 heteroatoms. The second-order valence-corrected chi connectivity index (χ2v) is 6.33. The van der Waals surface area contributed by atoms with Crippen LogP contribution in [-0.2, 0) is 11.8 Å². The average Bonchev–Trinajstić information content (AvgIpc) is 3.12. The molecular weight excluding hydrogens is 292 g/mol. The van der Waals surface area contributed by atoms with Crippen LogP contribution in [0, 0.1) is 6.92 Å². The highest BCUT2D eigenvalue weighted by Crippen LogP contribution is 2.34. The minimum Gasteiger partial charge on any atom is -0.377 e. The van der Waals surface area contributed by atoms with Crippen molar-refractivity contribution in [2.24, 2.45) is 12.8 Å². The number of hydrogen-bond donors (Lipinski definition) is 1. The number of ether oxygens (including phenoxy) is 1. The molecule has 126 valence electrons. The van der Waals surface area contributed by atoms with Crippen molar-refractivity contribution in [2.75, 3.05) is 6.61 Å². The van der Waals surface area contributed by atoms with Crippen LogP contribution in [0.4, 0.5) is 0 Å². The van der Waals surface area contributed by atoms with Crippen LogP contribution in [0.1, 0.15) is 50.2 Å². The largest absolute Gasteiger partial charge is 0.377 e. The van der Waals surface area contributed by atoms with E-state index in [1.54, 1.807) is 6.20 Å². The van der Waals surface area contributed by atoms with Crippen molar-refractivity contribution in [1.29, 1.82) is 0 Å². The standard InChI is InChI=1S/C16H26N6O/c1-4-9-23-14-10-12(5-6-13(14)17)16-19-11(2)20-22(16)15-7-8-18-21(15)3/h7-8,12-14H,4-6,9-10,17H2,1-3H3/t12-,13+,14+/m0/s1. The van der Waals surface area contributed by atoms with Gasteiger partial charge >= 0.3 is 0 Å². The maximum Gasteiger partial charge on any atom is 0.153 e. The predicted octanol–water partition coefficient (Wildman–Crippen LogP) is 1.70. The molecule has 0 radical (unpaired) electrons. The molecule has 0 bridgehead atoms. The quantitative estimate of drug-likeness (QED) is 0.907. The van der Waals surface area contributed by atoms with Crippen LogP contribution >= 0.6 is 0 Å². The molecule has 0 unspecified atom stereocenters. The summed E-state index contributed by atoms with van der Waals surface area (Å²) >= 11 is 0. The minimum absolute atomic E-state index is 0.102. The Bertz CT molecular complexity index is 649. The van der Waals surface area contributed by atoms with Crippen molar-refractivity contribution in [2.45, 2.75) is 57.6 Å². The molecule has 1 aliphatic rings. The molecule has 0 amide bonds. The van der Waals surface area contributed by atoms with Gasteiger partial charge in [-0.15, -0.1) is 5.10 Å². The maximum atomic E-state index is 6.24. The summed E-state index contributed by atoms with van der Waals surface area (Å²) in [6.07, 6.45) is 5.76. The van der Waals surface area contributed by atoms with Gasteiger partial charge in [0.1, 0.15) is 11.6 Å². The number of aromatic nitrogens is 5. The fourth-order valence-corrected chi connectivity index (χ4v) is 3.29. The number of aryl methyl sites for hydroxylation is 2. The SMILES string of the molecule is CCCO[C@@H]1C[C@@H](c2nc(C)nn2-c2ccnn2C)CC[C@H]1N. The van der Waals surface area contributed by atoms with Gasteiger partial charge in [0.2, 0.25) is 0 Å². The zero-order chi connectivity index (χ0) is 16.4. The Morgan fingerprint density at radius 3 is 2.91 bits per heavy atom. The highest BCUT2D eigenvalue weighted by Gasteiger charge is 2.33. The Balaban J connectivity index is 1.86. The van der Waals surface area contributed by atoms with Crippen LogP contribution in [0.2, 0.25) is 0 Å². The van der Waals surface area contributed by atoms with E-state index in [1.807, 2.05) is 29.4 Å². The van der Waals surface area contributed by atoms with E-state index in [0.29, 0.717) is 5.92 Å². The minimum atomic E-state index is 0.102. The van der Waals surface area contributed by atoms with E-state index in [0.717, 1.165) is 49.8 Å². The van der Waals surface area contributed by atoms with Gasteiger partial charge in [-0.1, -0.05) is 6.92 Å². The first-order valence-corrected chi connectivity index (χ1v) is 8.39. The zero-order valence-electron chi connectivity index (χ0n) is 14.1. The van der Waals surface area contributed by atoms with Gasteiger partial charge in [0.15, 0.2) is 5.82 Å². The summed E-state index contributed by atoms with van der Waals surface area (Å²) in [6, 6.07) is 2.07. The molecule has 1 fully saturated rings. The predicted molar refractivity (Wildman–Crippen MR) is 87.5 cm³/mol. The van der Waals surface area contributed by atoms with Crippen LogP contribution in [0.3, 0.4) is 0 Å². The normalized spacial score (nSPS) is 25.0. The Kier molecular flexibility index (Phi) is 4.77. The third kappa shape index (κ3) is 3.30. The molecule has 0 spiro atoms. The van der Waals surface area contributed by atoms with E-state index in [-0.39, 0.29) is 12.1 Å². The molecule has 0 aliphatic heterocycles. The third-order valence-electron chi connectivity index (χ3n) is 4.49. The maximum absolute atomic E-state index is 6.24. The summed E-state index contributed by atoms with van der Waals surface area (Å²) in [5.41, 5.74) is 6.24. The van der Waals surface area contributed by atoms with Gasteiger partial charge in [-0.05, 0) is 32.6 Å². The van der Waals surface area contributed by atoms with E-state index in [9.17, 15) is 0 Å². The smallest absolute Gasteiger partial charge is 0.153 e. The lowest BCUT2D eigenvalue weighted by Gasteiger charge is -2.33. The molecule has 2 N–H and O–H groups in total. The van der Waals surface area contributed by atoms with Gasteiger partial charge in [-0.2, -0.15) is 9.78 Å². The summed E-state index contributed by atoms with van der Waals surface area (Å²) in [5, 5.41) is 8.81. The van der Waals surface area contributed by atoms with Gasteiger partial charge < -0.3 is 10.5 Å². The lowest BCUT2D eigenvalue weighted by Crippen LogP contribution is -2.42. The first-order valence-electron chi connectivity index (χ1n) is 8.39. The Labute approximate surface area is 136 Å². The molecule has 1 saturated carbocycles. The van der Waals surface area contributed by atoms with Gasteiger partial charge in [0.05, 0.1) is 12.3 Å². The second kappa shape index (κ2) is 6.80. The Morgan fingerprint density at radius 1 is 1.39 bits per heavy atom. The molecule has 1 aliphatic carbocycles. The fourth-order valence-electron chi connectivity index (χ4n) is 3.29. The highest BCUT2D eigenvalue weighted by atomic mass is 16.5. The van der Waals surface area contributed by atoms with E-state index >= 15 is 0 Å². The highest BCUT2D eigenvalue weighted by molar-refractivity contribution is 5.23. The van der Waals surface area contributed by atoms with Crippen LogP contribution in [0.25, 0.3) is 5.82 Å². The fraction of sp³-hybridized carbons (Fsp3) is 0.688. The molecular formula is C16H26N6O. The first-order chi connectivity index (χ1) is 11.1. The van der Waals surface area contributed by atoms with Crippen LogP contribution in [0.15, 0.2) is 12.3 Å². The molecule has 7 nitrogen and oxygen atoms in total. The summed E-state index contributed by atoms with van der Waals surface area (Å²) in [7, 11) is 1.92. The summed E-state index contributed by atoms with van der Waals surface area (Å²) in [4.78, 5) is 4.69. The molecule has 3 rings (SSSR count). The molecule has 2 aromatic rings.